The highest BCUT2D eigenvalue weighted by atomic mass is 16.5. The number of morpholine rings is 1. The van der Waals surface area contributed by atoms with E-state index in [9.17, 15) is 5.11 Å². The molecule has 6 nitrogen and oxygen atoms in total. The number of benzene rings is 1. The number of hydrogen-bond acceptors (Lipinski definition) is 5. The van der Waals surface area contributed by atoms with E-state index in [1.54, 1.807) is 0 Å². The van der Waals surface area contributed by atoms with E-state index in [-0.39, 0.29) is 0 Å². The Balaban J connectivity index is 1.71. The van der Waals surface area contributed by atoms with Gasteiger partial charge in [0.1, 0.15) is 5.82 Å². The van der Waals surface area contributed by atoms with E-state index in [2.05, 4.69) is 31.0 Å². The van der Waals surface area contributed by atoms with Gasteiger partial charge >= 0.3 is 0 Å². The Labute approximate surface area is 162 Å². The molecule has 0 bridgehead atoms. The van der Waals surface area contributed by atoms with Gasteiger partial charge in [-0.3, -0.25) is 4.68 Å². The Kier molecular flexibility index (Phi) is 6.52. The average Bonchev–Trinajstić information content (AvgIpc) is 2.99. The van der Waals surface area contributed by atoms with Crippen molar-refractivity contribution in [2.24, 2.45) is 7.05 Å². The quantitative estimate of drug-likeness (QED) is 0.782. The number of nitrogens with zero attached hydrogens (tertiary/aromatic N) is 3. The number of anilines is 1. The first kappa shape index (κ1) is 19.9. The van der Waals surface area contributed by atoms with Gasteiger partial charge < -0.3 is 20.1 Å². The minimum Gasteiger partial charge on any atom is -0.387 e. The lowest BCUT2D eigenvalue weighted by Crippen LogP contribution is -2.38. The second-order valence-electron chi connectivity index (χ2n) is 7.62. The summed E-state index contributed by atoms with van der Waals surface area (Å²) in [4.78, 5) is 2.36. The fourth-order valence-electron chi connectivity index (χ4n) is 3.62. The van der Waals surface area contributed by atoms with E-state index in [1.807, 2.05) is 36.0 Å². The summed E-state index contributed by atoms with van der Waals surface area (Å²) in [5, 5.41) is 18.7. The number of aliphatic hydroxyl groups excluding tert-OH is 1. The second-order valence-corrected chi connectivity index (χ2v) is 7.62. The van der Waals surface area contributed by atoms with Crippen molar-refractivity contribution in [1.29, 1.82) is 0 Å². The van der Waals surface area contributed by atoms with Crippen molar-refractivity contribution in [2.45, 2.75) is 39.3 Å². The summed E-state index contributed by atoms with van der Waals surface area (Å²) in [5.74, 6) is 1.52. The van der Waals surface area contributed by atoms with E-state index < -0.39 is 6.10 Å². The molecule has 2 heterocycles. The Morgan fingerprint density at radius 3 is 2.48 bits per heavy atom. The third-order valence-corrected chi connectivity index (χ3v) is 5.10. The fraction of sp³-hybridized carbons (Fsp3) is 0.571. The molecular formula is C21H32N4O2. The zero-order valence-electron chi connectivity index (χ0n) is 16.9. The number of aromatic nitrogens is 2. The standard InChI is InChI=1S/C21H32N4O2/c1-15(2)20-18(21(24(4)23-20)25-9-11-27-12-10-25)13-22-14-19(26)17-7-5-16(3)6-8-17/h5-8,15,19,22,26H,9-14H2,1-4H3/t19-/m0/s1. The predicted molar refractivity (Wildman–Crippen MR) is 108 cm³/mol. The predicted octanol–water partition coefficient (Wildman–Crippen LogP) is 2.51. The molecule has 1 fully saturated rings. The SMILES string of the molecule is Cc1ccc([C@@H](O)CNCc2c(C(C)C)nn(C)c2N2CCOCC2)cc1. The van der Waals surface area contributed by atoms with Crippen LogP contribution in [0.1, 0.15) is 48.3 Å². The maximum Gasteiger partial charge on any atom is 0.131 e. The van der Waals surface area contributed by atoms with Gasteiger partial charge in [-0.2, -0.15) is 5.10 Å². The van der Waals surface area contributed by atoms with Crippen molar-refractivity contribution < 1.29 is 9.84 Å². The topological polar surface area (TPSA) is 62.5 Å². The van der Waals surface area contributed by atoms with Crippen LogP contribution in [0, 0.1) is 6.92 Å². The Morgan fingerprint density at radius 2 is 1.85 bits per heavy atom. The van der Waals surface area contributed by atoms with Crippen LogP contribution in [0.3, 0.4) is 0 Å². The first-order valence-corrected chi connectivity index (χ1v) is 9.81. The zero-order valence-corrected chi connectivity index (χ0v) is 16.9. The first-order chi connectivity index (χ1) is 13.0. The molecule has 0 radical (unpaired) electrons. The Morgan fingerprint density at radius 1 is 1.19 bits per heavy atom. The highest BCUT2D eigenvalue weighted by Gasteiger charge is 2.24. The number of ether oxygens (including phenoxy) is 1. The molecule has 0 aliphatic carbocycles. The minimum absolute atomic E-state index is 0.352. The lowest BCUT2D eigenvalue weighted by Gasteiger charge is -2.29. The average molecular weight is 373 g/mol. The normalized spacial score (nSPS) is 16.1. The number of nitrogens with one attached hydrogen (secondary N) is 1. The smallest absolute Gasteiger partial charge is 0.131 e. The van der Waals surface area contributed by atoms with E-state index >= 15 is 0 Å². The van der Waals surface area contributed by atoms with E-state index in [0.29, 0.717) is 19.0 Å². The van der Waals surface area contributed by atoms with Crippen LogP contribution in [0.15, 0.2) is 24.3 Å². The molecule has 2 N–H and O–H groups in total. The summed E-state index contributed by atoms with van der Waals surface area (Å²) in [6, 6.07) is 8.05. The summed E-state index contributed by atoms with van der Waals surface area (Å²) in [5.41, 5.74) is 4.49. The lowest BCUT2D eigenvalue weighted by atomic mass is 10.0. The summed E-state index contributed by atoms with van der Waals surface area (Å²) >= 11 is 0. The van der Waals surface area contributed by atoms with Crippen molar-refractivity contribution in [3.8, 4) is 0 Å². The van der Waals surface area contributed by atoms with Crippen LogP contribution < -0.4 is 10.2 Å². The second kappa shape index (κ2) is 8.87. The minimum atomic E-state index is -0.517. The molecule has 1 aliphatic rings. The fourth-order valence-corrected chi connectivity index (χ4v) is 3.62. The van der Waals surface area contributed by atoms with Gasteiger partial charge in [0.05, 0.1) is 25.0 Å². The maximum absolute atomic E-state index is 10.5. The molecule has 0 saturated carbocycles. The Bertz CT molecular complexity index is 733. The maximum atomic E-state index is 10.5. The molecule has 2 aromatic rings. The van der Waals surface area contributed by atoms with Crippen LogP contribution in [0.4, 0.5) is 5.82 Å². The van der Waals surface area contributed by atoms with Crippen LogP contribution in [-0.4, -0.2) is 47.7 Å². The monoisotopic (exact) mass is 372 g/mol. The Hall–Kier alpha value is -1.89. The van der Waals surface area contributed by atoms with Gasteiger partial charge in [-0.25, -0.2) is 0 Å². The number of aryl methyl sites for hydroxylation is 2. The van der Waals surface area contributed by atoms with Gasteiger partial charge in [0, 0.05) is 38.8 Å². The molecule has 1 aromatic carbocycles. The van der Waals surface area contributed by atoms with Gasteiger partial charge in [0.2, 0.25) is 0 Å². The molecule has 6 heteroatoms. The van der Waals surface area contributed by atoms with Gasteiger partial charge in [0.15, 0.2) is 0 Å². The number of hydrogen-bond donors (Lipinski definition) is 2. The van der Waals surface area contributed by atoms with Crippen LogP contribution in [0.5, 0.6) is 0 Å². The molecule has 1 atom stereocenters. The molecule has 3 rings (SSSR count). The third-order valence-electron chi connectivity index (χ3n) is 5.10. The third kappa shape index (κ3) is 4.69. The van der Waals surface area contributed by atoms with Gasteiger partial charge in [-0.15, -0.1) is 0 Å². The van der Waals surface area contributed by atoms with Crippen molar-refractivity contribution in [3.05, 3.63) is 46.6 Å². The molecule has 0 unspecified atom stereocenters. The van der Waals surface area contributed by atoms with E-state index in [0.717, 1.165) is 37.6 Å². The van der Waals surface area contributed by atoms with Crippen molar-refractivity contribution >= 4 is 5.82 Å². The van der Waals surface area contributed by atoms with Gasteiger partial charge in [-0.1, -0.05) is 43.7 Å². The van der Waals surface area contributed by atoms with Crippen molar-refractivity contribution in [1.82, 2.24) is 15.1 Å². The van der Waals surface area contributed by atoms with Crippen molar-refractivity contribution in [3.63, 3.8) is 0 Å². The van der Waals surface area contributed by atoms with Crippen LogP contribution in [0.25, 0.3) is 0 Å². The molecule has 0 amide bonds. The molecule has 1 saturated heterocycles. The molecule has 148 valence electrons. The summed E-state index contributed by atoms with van der Waals surface area (Å²) in [6.45, 7) is 10.9. The molecule has 1 aromatic heterocycles. The zero-order chi connectivity index (χ0) is 19.4. The van der Waals surface area contributed by atoms with Crippen LogP contribution in [0.2, 0.25) is 0 Å². The highest BCUT2D eigenvalue weighted by Crippen LogP contribution is 2.29. The van der Waals surface area contributed by atoms with Gasteiger partial charge in [-0.05, 0) is 18.4 Å². The molecule has 0 spiro atoms. The largest absolute Gasteiger partial charge is 0.387 e. The molecule has 1 aliphatic heterocycles. The lowest BCUT2D eigenvalue weighted by molar-refractivity contribution is 0.122. The van der Waals surface area contributed by atoms with E-state index in [4.69, 9.17) is 9.84 Å². The first-order valence-electron chi connectivity index (χ1n) is 9.81. The molecule has 27 heavy (non-hydrogen) atoms. The van der Waals surface area contributed by atoms with E-state index in [1.165, 1.54) is 16.9 Å². The van der Waals surface area contributed by atoms with Crippen LogP contribution in [-0.2, 0) is 18.3 Å². The van der Waals surface area contributed by atoms with Gasteiger partial charge in [0.25, 0.3) is 0 Å². The summed E-state index contributed by atoms with van der Waals surface area (Å²) in [6.07, 6.45) is -0.517. The van der Waals surface area contributed by atoms with Crippen molar-refractivity contribution in [2.75, 3.05) is 37.7 Å². The molecular weight excluding hydrogens is 340 g/mol. The summed E-state index contributed by atoms with van der Waals surface area (Å²) in [7, 11) is 2.02. The van der Waals surface area contributed by atoms with Crippen LogP contribution >= 0.6 is 0 Å². The number of aliphatic hydroxyl groups is 1. The summed E-state index contributed by atoms with van der Waals surface area (Å²) < 4.78 is 7.50. The number of rotatable bonds is 7. The highest BCUT2D eigenvalue weighted by molar-refractivity contribution is 5.51.